The molecule has 7 nitrogen and oxygen atoms in total. The second-order valence-electron chi connectivity index (χ2n) is 8.77. The molecule has 7 heteroatoms. The summed E-state index contributed by atoms with van der Waals surface area (Å²) in [6.07, 6.45) is 2.02. The molecule has 178 valence electrons. The molecule has 1 saturated heterocycles. The highest BCUT2D eigenvalue weighted by atomic mass is 16.2. The minimum absolute atomic E-state index is 0.141. The number of benzene rings is 3. The number of aliphatic imine (C=N–C) groups is 1. The smallest absolute Gasteiger partial charge is 0.322 e. The number of rotatable bonds is 3. The summed E-state index contributed by atoms with van der Waals surface area (Å²) in [7, 11) is 0. The maximum Gasteiger partial charge on any atom is 0.322 e. The van der Waals surface area contributed by atoms with Crippen molar-refractivity contribution >= 4 is 23.4 Å². The van der Waals surface area contributed by atoms with Gasteiger partial charge in [-0.1, -0.05) is 60.7 Å². The minimum Gasteiger partial charge on any atom is -0.338 e. The van der Waals surface area contributed by atoms with E-state index in [1.165, 1.54) is 0 Å². The van der Waals surface area contributed by atoms with Crippen molar-refractivity contribution in [1.82, 2.24) is 15.1 Å². The molecule has 1 atom stereocenters. The van der Waals surface area contributed by atoms with E-state index >= 15 is 0 Å². The molecule has 1 fully saturated rings. The third-order valence-corrected chi connectivity index (χ3v) is 6.27. The first kappa shape index (κ1) is 23.8. The van der Waals surface area contributed by atoms with Gasteiger partial charge in [-0.3, -0.25) is 5.32 Å². The molecular formula is C28H30N6O. The van der Waals surface area contributed by atoms with Crippen LogP contribution in [0, 0.1) is 32.2 Å². The molecule has 1 aliphatic heterocycles. The lowest BCUT2D eigenvalue weighted by molar-refractivity contribution is 0.135. The molecule has 1 unspecified atom stereocenters. The van der Waals surface area contributed by atoms with Crippen LogP contribution in [0.3, 0.4) is 0 Å². The van der Waals surface area contributed by atoms with Crippen LogP contribution in [-0.2, 0) is 0 Å². The number of nitriles is 1. The van der Waals surface area contributed by atoms with E-state index in [2.05, 4.69) is 10.6 Å². The summed E-state index contributed by atoms with van der Waals surface area (Å²) in [5.74, 6) is 0.484. The van der Waals surface area contributed by atoms with Gasteiger partial charge in [-0.2, -0.15) is 5.26 Å². The van der Waals surface area contributed by atoms with E-state index in [0.29, 0.717) is 25.6 Å². The Labute approximate surface area is 206 Å². The van der Waals surface area contributed by atoms with Gasteiger partial charge in [0.05, 0.1) is 11.7 Å². The Hall–Kier alpha value is -4.31. The molecule has 4 rings (SSSR count). The molecule has 2 amide bonds. The number of urea groups is 1. The zero-order valence-corrected chi connectivity index (χ0v) is 20.3. The van der Waals surface area contributed by atoms with Crippen LogP contribution >= 0.6 is 0 Å². The largest absolute Gasteiger partial charge is 0.338 e. The lowest BCUT2D eigenvalue weighted by Gasteiger charge is -2.42. The van der Waals surface area contributed by atoms with Gasteiger partial charge < -0.3 is 15.1 Å². The number of carbonyl (C=O) groups excluding carboxylic acids is 1. The number of hydrogen-bond donors (Lipinski definition) is 2. The molecule has 1 heterocycles. The highest BCUT2D eigenvalue weighted by Gasteiger charge is 2.33. The fourth-order valence-corrected chi connectivity index (χ4v) is 4.27. The van der Waals surface area contributed by atoms with Crippen molar-refractivity contribution in [3.63, 3.8) is 0 Å². The summed E-state index contributed by atoms with van der Waals surface area (Å²) in [6, 6.07) is 23.5. The predicted molar refractivity (Wildman–Crippen MR) is 139 cm³/mol. The van der Waals surface area contributed by atoms with Gasteiger partial charge >= 0.3 is 6.03 Å². The fraction of sp³-hybridized carbons (Fsp3) is 0.250. The number of carbonyl (C=O) groups is 1. The number of nitrogens with zero attached hydrogens (tertiary/aromatic N) is 4. The van der Waals surface area contributed by atoms with Gasteiger partial charge in [-0.05, 0) is 55.2 Å². The van der Waals surface area contributed by atoms with Crippen LogP contribution in [0.1, 0.15) is 28.3 Å². The van der Waals surface area contributed by atoms with Crippen molar-refractivity contribution in [3.8, 4) is 6.19 Å². The molecule has 0 aromatic heterocycles. The normalized spacial score (nSPS) is 15.9. The van der Waals surface area contributed by atoms with Gasteiger partial charge in [0.15, 0.2) is 6.19 Å². The number of piperazine rings is 1. The van der Waals surface area contributed by atoms with Gasteiger partial charge in [0.1, 0.15) is 0 Å². The van der Waals surface area contributed by atoms with Crippen molar-refractivity contribution in [2.24, 2.45) is 4.99 Å². The number of amides is 2. The number of nitrogens with one attached hydrogen (secondary N) is 2. The highest BCUT2D eigenvalue weighted by Crippen LogP contribution is 2.28. The van der Waals surface area contributed by atoms with E-state index in [0.717, 1.165) is 33.6 Å². The molecule has 35 heavy (non-hydrogen) atoms. The zero-order chi connectivity index (χ0) is 24.8. The molecule has 2 N–H and O–H groups in total. The summed E-state index contributed by atoms with van der Waals surface area (Å²) in [5.41, 5.74) is 5.78. The Kier molecular flexibility index (Phi) is 7.32. The van der Waals surface area contributed by atoms with Crippen molar-refractivity contribution in [2.75, 3.05) is 25.0 Å². The molecule has 0 radical (unpaired) electrons. The molecule has 1 aliphatic rings. The predicted octanol–water partition coefficient (Wildman–Crippen LogP) is 5.26. The summed E-state index contributed by atoms with van der Waals surface area (Å²) in [4.78, 5) is 22.1. The maximum absolute atomic E-state index is 13.5. The number of aryl methyl sites for hydroxylation is 3. The average molecular weight is 467 g/mol. The van der Waals surface area contributed by atoms with Crippen molar-refractivity contribution < 1.29 is 4.79 Å². The molecular weight excluding hydrogens is 436 g/mol. The first-order valence-electron chi connectivity index (χ1n) is 11.7. The maximum atomic E-state index is 13.5. The van der Waals surface area contributed by atoms with Crippen LogP contribution in [0.2, 0.25) is 0 Å². The average Bonchev–Trinajstić information content (AvgIpc) is 2.87. The number of anilines is 1. The third-order valence-electron chi connectivity index (χ3n) is 6.27. The van der Waals surface area contributed by atoms with Gasteiger partial charge in [0, 0.05) is 25.3 Å². The molecule has 0 bridgehead atoms. The number of hydrogen-bond acceptors (Lipinski definition) is 3. The molecule has 3 aromatic carbocycles. The van der Waals surface area contributed by atoms with Crippen LogP contribution in [0.15, 0.2) is 77.8 Å². The van der Waals surface area contributed by atoms with Crippen LogP contribution in [0.4, 0.5) is 16.2 Å². The van der Waals surface area contributed by atoms with E-state index in [4.69, 9.17) is 4.99 Å². The summed E-state index contributed by atoms with van der Waals surface area (Å²) in [6.45, 7) is 7.52. The third kappa shape index (κ3) is 5.61. The van der Waals surface area contributed by atoms with Gasteiger partial charge in [0.25, 0.3) is 0 Å². The molecule has 0 aliphatic carbocycles. The van der Waals surface area contributed by atoms with Crippen LogP contribution < -0.4 is 10.6 Å². The second-order valence-corrected chi connectivity index (χ2v) is 8.77. The molecule has 0 saturated carbocycles. The second kappa shape index (κ2) is 10.7. The molecule has 3 aromatic rings. The number of guanidine groups is 1. The van der Waals surface area contributed by atoms with Gasteiger partial charge in [-0.15, -0.1) is 0 Å². The Bertz CT molecular complexity index is 1260. The topological polar surface area (TPSA) is 83.8 Å². The lowest BCUT2D eigenvalue weighted by Crippen LogP contribution is -2.55. The van der Waals surface area contributed by atoms with E-state index in [1.54, 1.807) is 0 Å². The van der Waals surface area contributed by atoms with E-state index < -0.39 is 0 Å². The standard InChI is InChI=1S/C28H30N6O/c1-20-13-14-22(3)25(17-20)32-28(35)34-16-15-33(18-26(34)23-10-5-4-6-11-23)27(30-19-29)31-24-12-8-7-9-21(24)2/h4-14,17,26H,15-16,18H2,1-3H3,(H,30,31)(H,32,35). The number of para-hydroxylation sites is 1. The Balaban J connectivity index is 1.63. The van der Waals surface area contributed by atoms with Gasteiger partial charge in [-0.25, -0.2) is 9.79 Å². The first-order chi connectivity index (χ1) is 17.0. The van der Waals surface area contributed by atoms with E-state index in [-0.39, 0.29) is 12.1 Å². The van der Waals surface area contributed by atoms with E-state index in [1.807, 2.05) is 110 Å². The quantitative estimate of drug-likeness (QED) is 0.239. The summed E-state index contributed by atoms with van der Waals surface area (Å²) in [5, 5.41) is 15.3. The minimum atomic E-state index is -0.211. The Morgan fingerprint density at radius 2 is 1.71 bits per heavy atom. The van der Waals surface area contributed by atoms with Crippen LogP contribution in [0.25, 0.3) is 0 Å². The summed E-state index contributed by atoms with van der Waals surface area (Å²) < 4.78 is 0. The van der Waals surface area contributed by atoms with Crippen molar-refractivity contribution in [2.45, 2.75) is 26.8 Å². The van der Waals surface area contributed by atoms with Crippen LogP contribution in [-0.4, -0.2) is 41.4 Å². The molecule has 0 spiro atoms. The monoisotopic (exact) mass is 466 g/mol. The van der Waals surface area contributed by atoms with Crippen molar-refractivity contribution in [3.05, 3.63) is 95.1 Å². The Morgan fingerprint density at radius 1 is 0.971 bits per heavy atom. The Morgan fingerprint density at radius 3 is 2.46 bits per heavy atom. The van der Waals surface area contributed by atoms with Crippen molar-refractivity contribution in [1.29, 1.82) is 5.26 Å². The van der Waals surface area contributed by atoms with E-state index in [9.17, 15) is 10.1 Å². The van der Waals surface area contributed by atoms with Crippen LogP contribution in [0.5, 0.6) is 0 Å². The summed E-state index contributed by atoms with van der Waals surface area (Å²) >= 11 is 0. The van der Waals surface area contributed by atoms with Gasteiger partial charge in [0.2, 0.25) is 5.96 Å². The fourth-order valence-electron chi connectivity index (χ4n) is 4.27. The lowest BCUT2D eigenvalue weighted by atomic mass is 10.0. The SMILES string of the molecule is Cc1ccc(C)c(NC(=O)N2CCN(C(=Nc3ccccc3C)NC#N)CC2c2ccccc2)c1. The zero-order valence-electron chi connectivity index (χ0n) is 20.3. The first-order valence-corrected chi connectivity index (χ1v) is 11.7. The highest BCUT2D eigenvalue weighted by molar-refractivity contribution is 5.91.